The summed E-state index contributed by atoms with van der Waals surface area (Å²) in [4.78, 5) is 32.5. The maximum atomic E-state index is 14.1. The first kappa shape index (κ1) is 21.3. The van der Waals surface area contributed by atoms with Gasteiger partial charge in [0.2, 0.25) is 5.91 Å². The monoisotopic (exact) mass is 432 g/mol. The number of carbonyl (C=O) groups excluding carboxylic acids is 2. The molecule has 1 aliphatic heterocycles. The van der Waals surface area contributed by atoms with Crippen molar-refractivity contribution >= 4 is 28.8 Å². The molecule has 3 aromatic rings. The minimum atomic E-state index is -0.452. The Bertz CT molecular complexity index is 1050. The van der Waals surface area contributed by atoms with E-state index in [4.69, 9.17) is 0 Å². The topological polar surface area (TPSA) is 40.6 Å². The van der Waals surface area contributed by atoms with Crippen molar-refractivity contribution < 1.29 is 9.59 Å². The van der Waals surface area contributed by atoms with E-state index in [-0.39, 0.29) is 17.9 Å². The maximum Gasteiger partial charge on any atom is 0.254 e. The van der Waals surface area contributed by atoms with Crippen LogP contribution in [0.25, 0.3) is 0 Å². The second-order valence-corrected chi connectivity index (χ2v) is 9.27. The van der Waals surface area contributed by atoms with E-state index < -0.39 is 5.92 Å². The molecule has 0 saturated heterocycles. The first-order valence-corrected chi connectivity index (χ1v) is 11.7. The number of nitrogens with zero attached hydrogens (tertiary/aromatic N) is 2. The summed E-state index contributed by atoms with van der Waals surface area (Å²) in [6, 6.07) is 21.1. The van der Waals surface area contributed by atoms with E-state index in [0.717, 1.165) is 16.1 Å². The number of thiophene rings is 1. The predicted molar refractivity (Wildman–Crippen MR) is 127 cm³/mol. The zero-order chi connectivity index (χ0) is 22.0. The van der Waals surface area contributed by atoms with E-state index in [1.54, 1.807) is 11.3 Å². The van der Waals surface area contributed by atoms with Gasteiger partial charge in [-0.25, -0.2) is 0 Å². The Balaban J connectivity index is 1.88. The molecule has 160 valence electrons. The lowest BCUT2D eigenvalue weighted by Gasteiger charge is -2.43. The van der Waals surface area contributed by atoms with E-state index in [0.29, 0.717) is 24.6 Å². The third-order valence-electron chi connectivity index (χ3n) is 5.75. The van der Waals surface area contributed by atoms with Crippen molar-refractivity contribution in [1.29, 1.82) is 0 Å². The summed E-state index contributed by atoms with van der Waals surface area (Å²) in [5, 5.41) is 2.02. The molecule has 5 heteroatoms. The number of hydrogen-bond acceptors (Lipinski definition) is 3. The van der Waals surface area contributed by atoms with Crippen LogP contribution in [0.15, 0.2) is 72.1 Å². The third kappa shape index (κ3) is 4.02. The Labute approximate surface area is 188 Å². The zero-order valence-electron chi connectivity index (χ0n) is 18.2. The van der Waals surface area contributed by atoms with E-state index in [9.17, 15) is 9.59 Å². The molecule has 0 N–H and O–H groups in total. The average molecular weight is 433 g/mol. The first-order chi connectivity index (χ1) is 15.0. The van der Waals surface area contributed by atoms with Crippen molar-refractivity contribution in [1.82, 2.24) is 4.90 Å². The van der Waals surface area contributed by atoms with Gasteiger partial charge in [-0.3, -0.25) is 9.59 Å². The summed E-state index contributed by atoms with van der Waals surface area (Å²) >= 11 is 1.61. The molecule has 0 saturated carbocycles. The summed E-state index contributed by atoms with van der Waals surface area (Å²) in [5.74, 6) is -0.120. The number of amides is 2. The summed E-state index contributed by atoms with van der Waals surface area (Å²) in [6.07, 6.45) is 0. The Morgan fingerprint density at radius 1 is 1.03 bits per heavy atom. The van der Waals surface area contributed by atoms with Crippen molar-refractivity contribution in [2.45, 2.75) is 32.7 Å². The average Bonchev–Trinajstić information content (AvgIpc) is 3.31. The number of hydrogen-bond donors (Lipinski definition) is 0. The Kier molecular flexibility index (Phi) is 6.23. The molecule has 2 aromatic carbocycles. The molecule has 2 heterocycles. The van der Waals surface area contributed by atoms with Crippen LogP contribution < -0.4 is 4.90 Å². The smallest absolute Gasteiger partial charge is 0.254 e. The van der Waals surface area contributed by atoms with Gasteiger partial charge in [-0.05, 0) is 48.1 Å². The van der Waals surface area contributed by atoms with E-state index in [1.165, 1.54) is 0 Å². The summed E-state index contributed by atoms with van der Waals surface area (Å²) in [6.45, 7) is 7.39. The molecule has 2 atom stereocenters. The Morgan fingerprint density at radius 3 is 2.39 bits per heavy atom. The molecular formula is C26H28N2O2S. The maximum absolute atomic E-state index is 14.1. The number of rotatable bonds is 6. The van der Waals surface area contributed by atoms with Crippen LogP contribution in [-0.4, -0.2) is 29.8 Å². The highest BCUT2D eigenvalue weighted by Crippen LogP contribution is 2.45. The largest absolute Gasteiger partial charge is 0.329 e. The molecule has 2 unspecified atom stereocenters. The molecule has 1 aromatic heterocycles. The van der Waals surface area contributed by atoms with Crippen molar-refractivity contribution in [3.63, 3.8) is 0 Å². The molecule has 0 aliphatic carbocycles. The lowest BCUT2D eigenvalue weighted by Crippen LogP contribution is -2.49. The second-order valence-electron chi connectivity index (χ2n) is 8.29. The minimum Gasteiger partial charge on any atom is -0.329 e. The number of fused-ring (bicyclic) bond motifs is 1. The van der Waals surface area contributed by atoms with Gasteiger partial charge < -0.3 is 9.80 Å². The van der Waals surface area contributed by atoms with E-state index in [2.05, 4.69) is 13.8 Å². The third-order valence-corrected chi connectivity index (χ3v) is 6.69. The van der Waals surface area contributed by atoms with Gasteiger partial charge >= 0.3 is 0 Å². The van der Waals surface area contributed by atoms with E-state index in [1.807, 2.05) is 88.8 Å². The lowest BCUT2D eigenvalue weighted by atomic mass is 9.80. The van der Waals surface area contributed by atoms with Gasteiger partial charge in [-0.2, -0.15) is 0 Å². The number of carbonyl (C=O) groups is 2. The fourth-order valence-electron chi connectivity index (χ4n) is 4.47. The molecule has 0 fully saturated rings. The summed E-state index contributed by atoms with van der Waals surface area (Å²) in [7, 11) is 0. The van der Waals surface area contributed by atoms with E-state index >= 15 is 0 Å². The van der Waals surface area contributed by atoms with Crippen LogP contribution in [0.4, 0.5) is 5.69 Å². The quantitative estimate of drug-likeness (QED) is 0.498. The van der Waals surface area contributed by atoms with Crippen LogP contribution >= 0.6 is 11.3 Å². The molecule has 2 amide bonds. The molecule has 1 aliphatic rings. The molecular weight excluding hydrogens is 404 g/mol. The number of anilines is 1. The Hall–Kier alpha value is -2.92. The van der Waals surface area contributed by atoms with Gasteiger partial charge in [0.1, 0.15) is 0 Å². The summed E-state index contributed by atoms with van der Waals surface area (Å²) < 4.78 is 0. The van der Waals surface area contributed by atoms with Crippen molar-refractivity contribution in [3.8, 4) is 0 Å². The highest BCUT2D eigenvalue weighted by atomic mass is 32.1. The summed E-state index contributed by atoms with van der Waals surface area (Å²) in [5.41, 5.74) is 2.34. The lowest BCUT2D eigenvalue weighted by molar-refractivity contribution is -0.121. The van der Waals surface area contributed by atoms with Gasteiger partial charge in [0.05, 0.1) is 12.0 Å². The van der Waals surface area contributed by atoms with Gasteiger partial charge in [-0.15, -0.1) is 11.3 Å². The van der Waals surface area contributed by atoms with Gasteiger partial charge in [-0.1, -0.05) is 56.3 Å². The fraction of sp³-hybridized carbons (Fsp3) is 0.308. The van der Waals surface area contributed by atoms with Crippen LogP contribution in [-0.2, 0) is 4.79 Å². The van der Waals surface area contributed by atoms with Crippen LogP contribution in [0.1, 0.15) is 53.5 Å². The molecule has 0 radical (unpaired) electrons. The zero-order valence-corrected chi connectivity index (χ0v) is 19.0. The molecule has 0 bridgehead atoms. The SMILES string of the molecule is CCN(C(=O)C1c2ccccc2C(=O)N(CC(C)C)C1c1cccs1)c1ccccc1. The number of benzene rings is 2. The van der Waals surface area contributed by atoms with Crippen molar-refractivity contribution in [3.05, 3.63) is 88.1 Å². The van der Waals surface area contributed by atoms with Crippen LogP contribution in [0.2, 0.25) is 0 Å². The van der Waals surface area contributed by atoms with Crippen molar-refractivity contribution in [2.24, 2.45) is 5.92 Å². The predicted octanol–water partition coefficient (Wildman–Crippen LogP) is 5.74. The fourth-order valence-corrected chi connectivity index (χ4v) is 5.35. The molecule has 4 rings (SSSR count). The van der Waals surface area contributed by atoms with Gasteiger partial charge in [0, 0.05) is 29.2 Å². The Morgan fingerprint density at radius 2 is 1.74 bits per heavy atom. The van der Waals surface area contributed by atoms with Gasteiger partial charge in [0.25, 0.3) is 5.91 Å². The van der Waals surface area contributed by atoms with Crippen LogP contribution in [0.3, 0.4) is 0 Å². The highest BCUT2D eigenvalue weighted by molar-refractivity contribution is 7.10. The standard InChI is InChI=1S/C26H28N2O2S/c1-4-27(19-11-6-5-7-12-19)26(30)23-20-13-8-9-14-21(20)25(29)28(17-18(2)3)24(23)22-15-10-16-31-22/h5-16,18,23-24H,4,17H2,1-3H3. The van der Waals surface area contributed by atoms with Gasteiger partial charge in [0.15, 0.2) is 0 Å². The molecule has 4 nitrogen and oxygen atoms in total. The normalized spacial score (nSPS) is 18.2. The second kappa shape index (κ2) is 9.06. The number of likely N-dealkylation sites (N-methyl/N-ethyl adjacent to an activating group) is 1. The minimum absolute atomic E-state index is 0.00881. The molecule has 0 spiro atoms. The number of para-hydroxylation sites is 1. The van der Waals surface area contributed by atoms with Crippen LogP contribution in [0.5, 0.6) is 0 Å². The molecule has 31 heavy (non-hydrogen) atoms. The van der Waals surface area contributed by atoms with Crippen molar-refractivity contribution in [2.75, 3.05) is 18.0 Å². The highest BCUT2D eigenvalue weighted by Gasteiger charge is 2.45. The van der Waals surface area contributed by atoms with Crippen LogP contribution in [0, 0.1) is 5.92 Å². The first-order valence-electron chi connectivity index (χ1n) is 10.8.